The Morgan fingerprint density at radius 2 is 2.05 bits per heavy atom. The summed E-state index contributed by atoms with van der Waals surface area (Å²) < 4.78 is 6.80. The first-order valence-corrected chi connectivity index (χ1v) is 6.95. The Morgan fingerprint density at radius 1 is 1.29 bits per heavy atom. The molecule has 0 saturated carbocycles. The second-order valence-corrected chi connectivity index (χ2v) is 4.98. The largest absolute Gasteiger partial charge is 0.379 e. The molecule has 1 aromatic carbocycles. The van der Waals surface area contributed by atoms with Crippen LogP contribution in [0.3, 0.4) is 0 Å². The SMILES string of the molecule is N#CCn1c(CN2CCOCC2)nc2ccccc2c1=O. The van der Waals surface area contributed by atoms with Gasteiger partial charge in [-0.1, -0.05) is 12.1 Å². The molecule has 6 nitrogen and oxygen atoms in total. The van der Waals surface area contributed by atoms with Gasteiger partial charge in [-0.3, -0.25) is 14.3 Å². The fraction of sp³-hybridized carbons (Fsp3) is 0.400. The van der Waals surface area contributed by atoms with Crippen LogP contribution >= 0.6 is 0 Å². The number of nitriles is 1. The maximum atomic E-state index is 12.5. The van der Waals surface area contributed by atoms with Crippen LogP contribution in [-0.4, -0.2) is 40.8 Å². The Hall–Kier alpha value is -2.23. The van der Waals surface area contributed by atoms with Crippen LogP contribution in [0.1, 0.15) is 5.82 Å². The predicted octanol–water partition coefficient (Wildman–Crippen LogP) is 0.752. The highest BCUT2D eigenvalue weighted by atomic mass is 16.5. The molecule has 1 aliphatic heterocycles. The Balaban J connectivity index is 2.04. The molecular formula is C15H16N4O2. The van der Waals surface area contributed by atoms with E-state index in [1.165, 1.54) is 4.57 Å². The quantitative estimate of drug-likeness (QED) is 0.832. The van der Waals surface area contributed by atoms with E-state index < -0.39 is 0 Å². The number of nitrogens with zero attached hydrogens (tertiary/aromatic N) is 4. The highest BCUT2D eigenvalue weighted by Crippen LogP contribution is 2.10. The van der Waals surface area contributed by atoms with Crippen molar-refractivity contribution in [2.45, 2.75) is 13.1 Å². The van der Waals surface area contributed by atoms with Gasteiger partial charge in [-0.25, -0.2) is 4.98 Å². The molecule has 3 rings (SSSR count). The lowest BCUT2D eigenvalue weighted by Crippen LogP contribution is -2.38. The van der Waals surface area contributed by atoms with Crippen molar-refractivity contribution in [1.82, 2.24) is 14.5 Å². The molecular weight excluding hydrogens is 268 g/mol. The molecule has 21 heavy (non-hydrogen) atoms. The van der Waals surface area contributed by atoms with Crippen LogP contribution in [0.5, 0.6) is 0 Å². The summed E-state index contributed by atoms with van der Waals surface area (Å²) in [6, 6.07) is 9.30. The maximum Gasteiger partial charge on any atom is 0.262 e. The van der Waals surface area contributed by atoms with Crippen molar-refractivity contribution >= 4 is 10.9 Å². The zero-order valence-corrected chi connectivity index (χ0v) is 11.7. The third-order valence-electron chi connectivity index (χ3n) is 3.64. The van der Waals surface area contributed by atoms with Gasteiger partial charge in [-0.2, -0.15) is 5.26 Å². The normalized spacial score (nSPS) is 16.0. The van der Waals surface area contributed by atoms with Gasteiger partial charge < -0.3 is 4.74 Å². The maximum absolute atomic E-state index is 12.5. The van der Waals surface area contributed by atoms with E-state index in [4.69, 9.17) is 10.00 Å². The first kappa shape index (κ1) is 13.7. The van der Waals surface area contributed by atoms with Gasteiger partial charge in [0.15, 0.2) is 0 Å². The molecule has 0 unspecified atom stereocenters. The summed E-state index contributed by atoms with van der Waals surface area (Å²) >= 11 is 0. The third-order valence-corrected chi connectivity index (χ3v) is 3.64. The molecule has 108 valence electrons. The molecule has 6 heteroatoms. The van der Waals surface area contributed by atoms with Crippen molar-refractivity contribution < 1.29 is 4.74 Å². The smallest absolute Gasteiger partial charge is 0.262 e. The highest BCUT2D eigenvalue weighted by Gasteiger charge is 2.16. The number of aromatic nitrogens is 2. The van der Waals surface area contributed by atoms with E-state index in [0.717, 1.165) is 13.1 Å². The number of fused-ring (bicyclic) bond motifs is 1. The van der Waals surface area contributed by atoms with Gasteiger partial charge in [-0.05, 0) is 12.1 Å². The summed E-state index contributed by atoms with van der Waals surface area (Å²) in [5.74, 6) is 0.641. The molecule has 0 atom stereocenters. The van der Waals surface area contributed by atoms with Crippen LogP contribution < -0.4 is 5.56 Å². The lowest BCUT2D eigenvalue weighted by molar-refractivity contribution is 0.0325. The van der Waals surface area contributed by atoms with Gasteiger partial charge in [0.05, 0.1) is 36.7 Å². The van der Waals surface area contributed by atoms with Gasteiger partial charge in [0.1, 0.15) is 12.4 Å². The van der Waals surface area contributed by atoms with Crippen LogP contribution in [0.4, 0.5) is 0 Å². The second-order valence-electron chi connectivity index (χ2n) is 4.98. The summed E-state index contributed by atoms with van der Waals surface area (Å²) in [6.45, 7) is 3.60. The van der Waals surface area contributed by atoms with E-state index in [-0.39, 0.29) is 12.1 Å². The van der Waals surface area contributed by atoms with Gasteiger partial charge in [0, 0.05) is 13.1 Å². The number of hydrogen-bond donors (Lipinski definition) is 0. The molecule has 0 amide bonds. The topological polar surface area (TPSA) is 71.2 Å². The average Bonchev–Trinajstić information content (AvgIpc) is 2.52. The summed E-state index contributed by atoms with van der Waals surface area (Å²) in [7, 11) is 0. The molecule has 1 aromatic heterocycles. The number of hydrogen-bond acceptors (Lipinski definition) is 5. The Kier molecular flexibility index (Phi) is 3.95. The van der Waals surface area contributed by atoms with Crippen molar-refractivity contribution in [3.8, 4) is 6.07 Å². The number of para-hydroxylation sites is 1. The number of benzene rings is 1. The van der Waals surface area contributed by atoms with Crippen LogP contribution in [0.15, 0.2) is 29.1 Å². The third kappa shape index (κ3) is 2.79. The molecule has 0 aliphatic carbocycles. The minimum absolute atomic E-state index is 0.0241. The van der Waals surface area contributed by atoms with Crippen LogP contribution in [0, 0.1) is 11.3 Å². The van der Waals surface area contributed by atoms with Crippen molar-refractivity contribution in [1.29, 1.82) is 5.26 Å². The minimum atomic E-state index is -0.148. The molecule has 0 bridgehead atoms. The van der Waals surface area contributed by atoms with Crippen LogP contribution in [-0.2, 0) is 17.8 Å². The summed E-state index contributed by atoms with van der Waals surface area (Å²) in [4.78, 5) is 19.3. The molecule has 1 fully saturated rings. The molecule has 0 radical (unpaired) electrons. The lowest BCUT2D eigenvalue weighted by Gasteiger charge is -2.26. The van der Waals surface area contributed by atoms with E-state index in [1.807, 2.05) is 24.3 Å². The lowest BCUT2D eigenvalue weighted by atomic mass is 10.2. The van der Waals surface area contributed by atoms with Gasteiger partial charge in [0.25, 0.3) is 5.56 Å². The minimum Gasteiger partial charge on any atom is -0.379 e. The molecule has 1 aliphatic rings. The number of morpholine rings is 1. The van der Waals surface area contributed by atoms with E-state index in [1.54, 1.807) is 6.07 Å². The van der Waals surface area contributed by atoms with Crippen molar-refractivity contribution in [3.05, 3.63) is 40.4 Å². The Bertz CT molecular complexity index is 741. The van der Waals surface area contributed by atoms with Gasteiger partial charge in [-0.15, -0.1) is 0 Å². The van der Waals surface area contributed by atoms with Crippen LogP contribution in [0.25, 0.3) is 10.9 Å². The fourth-order valence-corrected chi connectivity index (χ4v) is 2.53. The molecule has 2 heterocycles. The Labute approximate surface area is 122 Å². The van der Waals surface area contributed by atoms with E-state index in [2.05, 4.69) is 9.88 Å². The molecule has 0 N–H and O–H groups in total. The molecule has 1 saturated heterocycles. The summed E-state index contributed by atoms with van der Waals surface area (Å²) in [5.41, 5.74) is 0.533. The average molecular weight is 284 g/mol. The van der Waals surface area contributed by atoms with E-state index in [0.29, 0.717) is 36.5 Å². The summed E-state index contributed by atoms with van der Waals surface area (Å²) in [6.07, 6.45) is 0. The van der Waals surface area contributed by atoms with Gasteiger partial charge in [0.2, 0.25) is 0 Å². The van der Waals surface area contributed by atoms with Gasteiger partial charge >= 0.3 is 0 Å². The second kappa shape index (κ2) is 6.04. The Morgan fingerprint density at radius 3 is 2.81 bits per heavy atom. The zero-order valence-electron chi connectivity index (χ0n) is 11.7. The van der Waals surface area contributed by atoms with Crippen LogP contribution in [0.2, 0.25) is 0 Å². The number of ether oxygens (including phenoxy) is 1. The monoisotopic (exact) mass is 284 g/mol. The summed E-state index contributed by atoms with van der Waals surface area (Å²) in [5, 5.41) is 9.53. The first-order valence-electron chi connectivity index (χ1n) is 6.95. The van der Waals surface area contributed by atoms with E-state index in [9.17, 15) is 4.79 Å². The molecule has 0 spiro atoms. The standard InChI is InChI=1S/C15H16N4O2/c16-5-6-19-14(11-18-7-9-21-10-8-18)17-13-4-2-1-3-12(13)15(19)20/h1-4H,6-11H2. The van der Waals surface area contributed by atoms with Crippen molar-refractivity contribution in [3.63, 3.8) is 0 Å². The fourth-order valence-electron chi connectivity index (χ4n) is 2.53. The predicted molar refractivity (Wildman–Crippen MR) is 77.7 cm³/mol. The molecule has 2 aromatic rings. The van der Waals surface area contributed by atoms with E-state index >= 15 is 0 Å². The van der Waals surface area contributed by atoms with Crippen molar-refractivity contribution in [2.75, 3.05) is 26.3 Å². The highest BCUT2D eigenvalue weighted by molar-refractivity contribution is 5.77. The van der Waals surface area contributed by atoms with Crippen molar-refractivity contribution in [2.24, 2.45) is 0 Å². The number of rotatable bonds is 3. The first-order chi connectivity index (χ1) is 10.3. The zero-order chi connectivity index (χ0) is 14.7.